The number of hydrogen-bond acceptors (Lipinski definition) is 7. The minimum Gasteiger partial charge on any atom is -0.449 e. The first kappa shape index (κ1) is 19.3. The zero-order chi connectivity index (χ0) is 18.9. The van der Waals surface area contributed by atoms with Crippen molar-refractivity contribution in [3.05, 3.63) is 30.4 Å². The summed E-state index contributed by atoms with van der Waals surface area (Å²) >= 11 is 0. The summed E-state index contributed by atoms with van der Waals surface area (Å²) in [5, 5.41) is 3.96. The van der Waals surface area contributed by atoms with Crippen LogP contribution in [-0.2, 0) is 16.1 Å². The van der Waals surface area contributed by atoms with E-state index in [1.165, 1.54) is 0 Å². The summed E-state index contributed by atoms with van der Waals surface area (Å²) < 4.78 is 16.4. The lowest BCUT2D eigenvalue weighted by Gasteiger charge is -2.30. The Morgan fingerprint density at radius 1 is 1.26 bits per heavy atom. The predicted molar refractivity (Wildman–Crippen MR) is 97.8 cm³/mol. The molecule has 0 aliphatic carbocycles. The number of rotatable bonds is 8. The highest BCUT2D eigenvalue weighted by Gasteiger charge is 2.24. The van der Waals surface area contributed by atoms with Crippen molar-refractivity contribution in [1.29, 1.82) is 0 Å². The Bertz CT molecular complexity index is 699. The molecule has 1 saturated heterocycles. The van der Waals surface area contributed by atoms with Crippen molar-refractivity contribution in [3.63, 3.8) is 0 Å². The maximum atomic E-state index is 12.0. The van der Waals surface area contributed by atoms with E-state index < -0.39 is 0 Å². The van der Waals surface area contributed by atoms with Crippen LogP contribution in [0, 0.1) is 0 Å². The van der Waals surface area contributed by atoms with Crippen LogP contribution in [0.4, 0.5) is 4.79 Å². The topological polar surface area (TPSA) is 90.6 Å². The summed E-state index contributed by atoms with van der Waals surface area (Å²) in [6.45, 7) is 4.18. The molecule has 0 aromatic carbocycles. The quantitative estimate of drug-likeness (QED) is 0.654. The normalized spacial score (nSPS) is 15.1. The number of pyridine rings is 1. The van der Waals surface area contributed by atoms with Gasteiger partial charge in [0.15, 0.2) is 0 Å². The zero-order valence-corrected chi connectivity index (χ0v) is 15.7. The Labute approximate surface area is 158 Å². The van der Waals surface area contributed by atoms with Crippen molar-refractivity contribution in [2.45, 2.75) is 51.7 Å². The van der Waals surface area contributed by atoms with Gasteiger partial charge in [0.05, 0.1) is 12.7 Å². The lowest BCUT2D eigenvalue weighted by molar-refractivity contribution is -0.0125. The van der Waals surface area contributed by atoms with E-state index in [-0.39, 0.29) is 18.8 Å². The van der Waals surface area contributed by atoms with Gasteiger partial charge in [0.2, 0.25) is 5.82 Å². The first-order valence-corrected chi connectivity index (χ1v) is 9.52. The molecule has 0 atom stereocenters. The fourth-order valence-electron chi connectivity index (χ4n) is 2.93. The van der Waals surface area contributed by atoms with E-state index in [4.69, 9.17) is 14.0 Å². The molecule has 0 bridgehead atoms. The standard InChI is InChI=1S/C19H26N4O4/c1-2-3-4-13-25-19(24)23-11-7-16(8-12-23)26-14-17-21-18(22-27-17)15-5-9-20-10-6-15/h5-6,9-10,16H,2-4,7-8,11-14H2,1H3. The second-order valence-electron chi connectivity index (χ2n) is 6.57. The summed E-state index contributed by atoms with van der Waals surface area (Å²) in [5.41, 5.74) is 0.853. The number of likely N-dealkylation sites (tertiary alicyclic amines) is 1. The highest BCUT2D eigenvalue weighted by Crippen LogP contribution is 2.18. The number of hydrogen-bond donors (Lipinski definition) is 0. The molecule has 0 N–H and O–H groups in total. The Morgan fingerprint density at radius 2 is 2.04 bits per heavy atom. The SMILES string of the molecule is CCCCCOC(=O)N1CCC(OCc2nc(-c3ccncc3)no2)CC1. The van der Waals surface area contributed by atoms with E-state index in [9.17, 15) is 4.79 Å². The molecule has 27 heavy (non-hydrogen) atoms. The molecule has 8 nitrogen and oxygen atoms in total. The molecule has 3 rings (SSSR count). The van der Waals surface area contributed by atoms with Gasteiger partial charge in [0, 0.05) is 31.0 Å². The van der Waals surface area contributed by atoms with Gasteiger partial charge in [0.1, 0.15) is 6.61 Å². The zero-order valence-electron chi connectivity index (χ0n) is 15.7. The molecule has 2 aromatic heterocycles. The number of carbonyl (C=O) groups is 1. The van der Waals surface area contributed by atoms with Crippen LogP contribution >= 0.6 is 0 Å². The predicted octanol–water partition coefficient (Wildman–Crippen LogP) is 3.44. The van der Waals surface area contributed by atoms with Gasteiger partial charge in [0.25, 0.3) is 5.89 Å². The monoisotopic (exact) mass is 374 g/mol. The number of piperidine rings is 1. The van der Waals surface area contributed by atoms with E-state index in [0.717, 1.165) is 37.7 Å². The van der Waals surface area contributed by atoms with E-state index in [1.807, 2.05) is 12.1 Å². The van der Waals surface area contributed by atoms with Crippen LogP contribution in [0.25, 0.3) is 11.4 Å². The first-order valence-electron chi connectivity index (χ1n) is 9.52. The summed E-state index contributed by atoms with van der Waals surface area (Å²) in [6.07, 6.45) is 7.90. The van der Waals surface area contributed by atoms with Crippen LogP contribution in [-0.4, -0.2) is 51.9 Å². The Balaban J connectivity index is 1.37. The molecular formula is C19H26N4O4. The van der Waals surface area contributed by atoms with Gasteiger partial charge >= 0.3 is 6.09 Å². The average molecular weight is 374 g/mol. The van der Waals surface area contributed by atoms with Gasteiger partial charge in [-0.05, 0) is 31.4 Å². The number of aromatic nitrogens is 3. The van der Waals surface area contributed by atoms with Crippen molar-refractivity contribution < 1.29 is 18.8 Å². The van der Waals surface area contributed by atoms with Gasteiger partial charge in [-0.15, -0.1) is 0 Å². The van der Waals surface area contributed by atoms with E-state index in [1.54, 1.807) is 17.3 Å². The number of amides is 1. The van der Waals surface area contributed by atoms with Crippen LogP contribution in [0.3, 0.4) is 0 Å². The highest BCUT2D eigenvalue weighted by atomic mass is 16.6. The van der Waals surface area contributed by atoms with Crippen LogP contribution < -0.4 is 0 Å². The number of ether oxygens (including phenoxy) is 2. The average Bonchev–Trinajstić information content (AvgIpc) is 3.20. The maximum absolute atomic E-state index is 12.0. The largest absolute Gasteiger partial charge is 0.449 e. The molecule has 0 radical (unpaired) electrons. The van der Waals surface area contributed by atoms with Crippen molar-refractivity contribution in [1.82, 2.24) is 20.0 Å². The summed E-state index contributed by atoms with van der Waals surface area (Å²) in [5.74, 6) is 0.969. The van der Waals surface area contributed by atoms with Crippen molar-refractivity contribution in [2.24, 2.45) is 0 Å². The molecule has 2 aromatic rings. The van der Waals surface area contributed by atoms with Gasteiger partial charge in [-0.1, -0.05) is 24.9 Å². The van der Waals surface area contributed by atoms with Crippen molar-refractivity contribution in [2.75, 3.05) is 19.7 Å². The number of nitrogens with zero attached hydrogens (tertiary/aromatic N) is 4. The fraction of sp³-hybridized carbons (Fsp3) is 0.579. The van der Waals surface area contributed by atoms with E-state index in [2.05, 4.69) is 22.0 Å². The summed E-state index contributed by atoms with van der Waals surface area (Å²) in [7, 11) is 0. The molecule has 0 spiro atoms. The third kappa shape index (κ3) is 5.75. The molecule has 146 valence electrons. The van der Waals surface area contributed by atoms with Gasteiger partial charge < -0.3 is 18.9 Å². The lowest BCUT2D eigenvalue weighted by Crippen LogP contribution is -2.41. The molecule has 8 heteroatoms. The number of unbranched alkanes of at least 4 members (excludes halogenated alkanes) is 2. The molecule has 1 amide bonds. The summed E-state index contributed by atoms with van der Waals surface area (Å²) in [4.78, 5) is 22.1. The van der Waals surface area contributed by atoms with Crippen LogP contribution in [0.5, 0.6) is 0 Å². The Morgan fingerprint density at radius 3 is 2.78 bits per heavy atom. The minimum atomic E-state index is -0.219. The van der Waals surface area contributed by atoms with E-state index in [0.29, 0.717) is 31.4 Å². The molecule has 1 aliphatic rings. The minimum absolute atomic E-state index is 0.0745. The Hall–Kier alpha value is -2.48. The lowest BCUT2D eigenvalue weighted by atomic mass is 10.1. The van der Waals surface area contributed by atoms with Crippen LogP contribution in [0.1, 0.15) is 44.9 Å². The third-order valence-electron chi connectivity index (χ3n) is 4.52. The van der Waals surface area contributed by atoms with Gasteiger partial charge in [-0.3, -0.25) is 4.98 Å². The molecule has 0 saturated carbocycles. The highest BCUT2D eigenvalue weighted by molar-refractivity contribution is 5.67. The van der Waals surface area contributed by atoms with E-state index >= 15 is 0 Å². The molecule has 0 unspecified atom stereocenters. The Kier molecular flexibility index (Phi) is 7.15. The fourth-order valence-corrected chi connectivity index (χ4v) is 2.93. The van der Waals surface area contributed by atoms with Crippen molar-refractivity contribution >= 4 is 6.09 Å². The van der Waals surface area contributed by atoms with Gasteiger partial charge in [-0.2, -0.15) is 4.98 Å². The second-order valence-corrected chi connectivity index (χ2v) is 6.57. The molecule has 3 heterocycles. The third-order valence-corrected chi connectivity index (χ3v) is 4.52. The maximum Gasteiger partial charge on any atom is 0.409 e. The van der Waals surface area contributed by atoms with Gasteiger partial charge in [-0.25, -0.2) is 4.79 Å². The molecular weight excluding hydrogens is 348 g/mol. The first-order chi connectivity index (χ1) is 13.3. The smallest absolute Gasteiger partial charge is 0.409 e. The summed E-state index contributed by atoms with van der Waals surface area (Å²) in [6, 6.07) is 3.65. The second kappa shape index (κ2) is 10.0. The molecule has 1 aliphatic heterocycles. The van der Waals surface area contributed by atoms with Crippen LogP contribution in [0.15, 0.2) is 29.0 Å². The van der Waals surface area contributed by atoms with Crippen LogP contribution in [0.2, 0.25) is 0 Å². The molecule has 1 fully saturated rings. The number of carbonyl (C=O) groups excluding carboxylic acids is 1. The van der Waals surface area contributed by atoms with Crippen molar-refractivity contribution in [3.8, 4) is 11.4 Å².